The third-order valence-corrected chi connectivity index (χ3v) is 2.26. The van der Waals surface area contributed by atoms with E-state index in [0.717, 1.165) is 0 Å². The predicted molar refractivity (Wildman–Crippen MR) is 62.3 cm³/mol. The number of hydrogen-bond acceptors (Lipinski definition) is 5. The fourth-order valence-corrected chi connectivity index (χ4v) is 1.42. The fraction of sp³-hybridized carbons (Fsp3) is 0.154. The van der Waals surface area contributed by atoms with Gasteiger partial charge in [-0.05, 0) is 6.92 Å². The number of benzene rings is 1. The Hall–Kier alpha value is -2.43. The van der Waals surface area contributed by atoms with E-state index in [1.165, 1.54) is 6.07 Å². The van der Waals surface area contributed by atoms with E-state index in [-0.39, 0.29) is 23.8 Å². The SMILES string of the molecule is CCOC(=O)c1cc(C(=O)c2ccccc2)no1. The Bertz CT molecular complexity index is 559. The summed E-state index contributed by atoms with van der Waals surface area (Å²) in [6, 6.07) is 9.93. The van der Waals surface area contributed by atoms with E-state index in [1.54, 1.807) is 31.2 Å². The first-order valence-electron chi connectivity index (χ1n) is 5.46. The van der Waals surface area contributed by atoms with Gasteiger partial charge in [-0.1, -0.05) is 35.5 Å². The molecular formula is C13H11NO4. The lowest BCUT2D eigenvalue weighted by Gasteiger charge is -1.95. The highest BCUT2D eigenvalue weighted by atomic mass is 16.6. The van der Waals surface area contributed by atoms with Crippen molar-refractivity contribution in [2.75, 3.05) is 6.61 Å². The second-order valence-electron chi connectivity index (χ2n) is 3.49. The molecule has 92 valence electrons. The highest BCUT2D eigenvalue weighted by Crippen LogP contribution is 2.11. The lowest BCUT2D eigenvalue weighted by molar-refractivity contribution is 0.0479. The van der Waals surface area contributed by atoms with Gasteiger partial charge >= 0.3 is 5.97 Å². The Balaban J connectivity index is 2.20. The zero-order chi connectivity index (χ0) is 13.0. The summed E-state index contributed by atoms with van der Waals surface area (Å²) < 4.78 is 9.52. The molecule has 0 aliphatic carbocycles. The molecule has 2 rings (SSSR count). The van der Waals surface area contributed by atoms with E-state index < -0.39 is 5.97 Å². The molecule has 0 amide bonds. The number of rotatable bonds is 4. The monoisotopic (exact) mass is 245 g/mol. The Morgan fingerprint density at radius 2 is 2.00 bits per heavy atom. The van der Waals surface area contributed by atoms with E-state index in [1.807, 2.05) is 6.07 Å². The minimum absolute atomic E-state index is 0.0730. The Morgan fingerprint density at radius 1 is 1.28 bits per heavy atom. The lowest BCUT2D eigenvalue weighted by Crippen LogP contribution is -2.03. The molecule has 0 saturated heterocycles. The first-order chi connectivity index (χ1) is 8.72. The third kappa shape index (κ3) is 2.45. The van der Waals surface area contributed by atoms with Crippen molar-refractivity contribution in [3.8, 4) is 0 Å². The van der Waals surface area contributed by atoms with Gasteiger partial charge in [0.2, 0.25) is 11.5 Å². The topological polar surface area (TPSA) is 69.4 Å². The maximum absolute atomic E-state index is 12.0. The van der Waals surface area contributed by atoms with Crippen molar-refractivity contribution < 1.29 is 18.8 Å². The van der Waals surface area contributed by atoms with Gasteiger partial charge in [0.15, 0.2) is 5.69 Å². The molecule has 5 nitrogen and oxygen atoms in total. The Labute approximate surface area is 103 Å². The van der Waals surface area contributed by atoms with Gasteiger partial charge in [0.25, 0.3) is 0 Å². The normalized spacial score (nSPS) is 10.1. The lowest BCUT2D eigenvalue weighted by atomic mass is 10.1. The first kappa shape index (κ1) is 12.0. The number of hydrogen-bond donors (Lipinski definition) is 0. The molecule has 1 aromatic carbocycles. The van der Waals surface area contributed by atoms with Crippen LogP contribution >= 0.6 is 0 Å². The molecule has 0 atom stereocenters. The van der Waals surface area contributed by atoms with Crippen LogP contribution in [0.3, 0.4) is 0 Å². The number of aromatic nitrogens is 1. The molecule has 5 heteroatoms. The van der Waals surface area contributed by atoms with Crippen LogP contribution in [0.25, 0.3) is 0 Å². The molecule has 1 heterocycles. The summed E-state index contributed by atoms with van der Waals surface area (Å²) in [6.45, 7) is 1.92. The molecule has 1 aromatic heterocycles. The maximum Gasteiger partial charge on any atom is 0.377 e. The molecule has 0 fully saturated rings. The van der Waals surface area contributed by atoms with Crippen LogP contribution in [-0.2, 0) is 4.74 Å². The summed E-state index contributed by atoms with van der Waals surface area (Å²) in [5.74, 6) is -0.997. The van der Waals surface area contributed by atoms with E-state index >= 15 is 0 Å². The van der Waals surface area contributed by atoms with E-state index in [4.69, 9.17) is 9.26 Å². The van der Waals surface area contributed by atoms with Crippen molar-refractivity contribution in [2.45, 2.75) is 6.92 Å². The quantitative estimate of drug-likeness (QED) is 0.609. The molecule has 0 radical (unpaired) electrons. The molecule has 0 aliphatic rings. The second-order valence-corrected chi connectivity index (χ2v) is 3.49. The van der Waals surface area contributed by atoms with Crippen LogP contribution in [-0.4, -0.2) is 23.5 Å². The molecule has 2 aromatic rings. The van der Waals surface area contributed by atoms with Crippen molar-refractivity contribution in [3.05, 3.63) is 53.4 Å². The van der Waals surface area contributed by atoms with Gasteiger partial charge in [-0.3, -0.25) is 4.79 Å². The number of nitrogens with zero attached hydrogens (tertiary/aromatic N) is 1. The van der Waals surface area contributed by atoms with E-state index in [2.05, 4.69) is 5.16 Å². The zero-order valence-electron chi connectivity index (χ0n) is 9.75. The Morgan fingerprint density at radius 3 is 2.67 bits per heavy atom. The van der Waals surface area contributed by atoms with Gasteiger partial charge in [0.05, 0.1) is 6.61 Å². The standard InChI is InChI=1S/C13H11NO4/c1-2-17-13(16)11-8-10(14-18-11)12(15)9-6-4-3-5-7-9/h3-8H,2H2,1H3. The third-order valence-electron chi connectivity index (χ3n) is 2.26. The van der Waals surface area contributed by atoms with Gasteiger partial charge in [-0.25, -0.2) is 4.79 Å². The minimum Gasteiger partial charge on any atom is -0.460 e. The molecule has 0 aliphatic heterocycles. The summed E-state index contributed by atoms with van der Waals surface area (Å²) >= 11 is 0. The number of esters is 1. The van der Waals surface area contributed by atoms with Crippen molar-refractivity contribution >= 4 is 11.8 Å². The highest BCUT2D eigenvalue weighted by molar-refractivity contribution is 6.08. The zero-order valence-corrected chi connectivity index (χ0v) is 9.75. The Kier molecular flexibility index (Phi) is 3.52. The van der Waals surface area contributed by atoms with Crippen molar-refractivity contribution in [1.82, 2.24) is 5.16 Å². The predicted octanol–water partition coefficient (Wildman–Crippen LogP) is 2.08. The van der Waals surface area contributed by atoms with Crippen molar-refractivity contribution in [3.63, 3.8) is 0 Å². The summed E-state index contributed by atoms with van der Waals surface area (Å²) in [6.07, 6.45) is 0. The average molecular weight is 245 g/mol. The van der Waals surface area contributed by atoms with Crippen LogP contribution in [0.4, 0.5) is 0 Å². The maximum atomic E-state index is 12.0. The fourth-order valence-electron chi connectivity index (χ4n) is 1.42. The number of carbonyl (C=O) groups is 2. The van der Waals surface area contributed by atoms with E-state index in [0.29, 0.717) is 5.56 Å². The first-order valence-corrected chi connectivity index (χ1v) is 5.46. The van der Waals surface area contributed by atoms with Gasteiger partial charge in [0.1, 0.15) is 0 Å². The van der Waals surface area contributed by atoms with Gasteiger partial charge < -0.3 is 9.26 Å². The van der Waals surface area contributed by atoms with Gasteiger partial charge in [0, 0.05) is 11.6 Å². The molecule has 0 saturated carbocycles. The van der Waals surface area contributed by atoms with E-state index in [9.17, 15) is 9.59 Å². The summed E-state index contributed by atoms with van der Waals surface area (Å²) in [5.41, 5.74) is 0.575. The van der Waals surface area contributed by atoms with Crippen LogP contribution in [0.5, 0.6) is 0 Å². The smallest absolute Gasteiger partial charge is 0.377 e. The van der Waals surface area contributed by atoms with Crippen molar-refractivity contribution in [1.29, 1.82) is 0 Å². The number of ether oxygens (including phenoxy) is 1. The van der Waals surface area contributed by atoms with Crippen LogP contribution in [0.2, 0.25) is 0 Å². The van der Waals surface area contributed by atoms with Crippen LogP contribution in [0.1, 0.15) is 33.5 Å². The summed E-state index contributed by atoms with van der Waals surface area (Å²) in [7, 11) is 0. The molecule has 0 N–H and O–H groups in total. The number of ketones is 1. The van der Waals surface area contributed by atoms with Crippen molar-refractivity contribution in [2.24, 2.45) is 0 Å². The van der Waals surface area contributed by atoms with Crippen LogP contribution in [0, 0.1) is 0 Å². The number of carbonyl (C=O) groups excluding carboxylic acids is 2. The van der Waals surface area contributed by atoms with Crippen LogP contribution in [0.15, 0.2) is 40.9 Å². The summed E-state index contributed by atoms with van der Waals surface area (Å²) in [4.78, 5) is 23.3. The minimum atomic E-state index is -0.628. The second kappa shape index (κ2) is 5.27. The largest absolute Gasteiger partial charge is 0.460 e. The average Bonchev–Trinajstić information content (AvgIpc) is 2.89. The van der Waals surface area contributed by atoms with Gasteiger partial charge in [-0.15, -0.1) is 0 Å². The molecular weight excluding hydrogens is 234 g/mol. The molecule has 0 unspecified atom stereocenters. The van der Waals surface area contributed by atoms with Gasteiger partial charge in [-0.2, -0.15) is 0 Å². The highest BCUT2D eigenvalue weighted by Gasteiger charge is 2.19. The summed E-state index contributed by atoms with van der Waals surface area (Å²) in [5, 5.41) is 3.57. The molecule has 0 spiro atoms. The van der Waals surface area contributed by atoms with Crippen LogP contribution < -0.4 is 0 Å². The molecule has 0 bridgehead atoms. The molecule has 18 heavy (non-hydrogen) atoms.